The molecule has 1 heterocycles. The number of ether oxygens (including phenoxy) is 3. The summed E-state index contributed by atoms with van der Waals surface area (Å²) >= 11 is 0. The molecule has 0 radical (unpaired) electrons. The predicted molar refractivity (Wildman–Crippen MR) is 147 cm³/mol. The smallest absolute Gasteiger partial charge is 0.340 e. The molecule has 0 saturated carbocycles. The van der Waals surface area contributed by atoms with Gasteiger partial charge in [0.2, 0.25) is 0 Å². The molecule has 0 fully saturated rings. The van der Waals surface area contributed by atoms with E-state index in [-0.39, 0.29) is 11.3 Å². The van der Waals surface area contributed by atoms with Crippen molar-refractivity contribution in [3.05, 3.63) is 76.3 Å². The van der Waals surface area contributed by atoms with Crippen molar-refractivity contribution >= 4 is 29.1 Å². The normalized spacial score (nSPS) is 11.3. The van der Waals surface area contributed by atoms with Crippen molar-refractivity contribution in [3.63, 3.8) is 0 Å². The highest BCUT2D eigenvalue weighted by Gasteiger charge is 2.20. The average molecular weight is 501 g/mol. The van der Waals surface area contributed by atoms with Gasteiger partial charge in [0, 0.05) is 16.5 Å². The maximum atomic E-state index is 12.0. The molecule has 0 saturated heterocycles. The molecule has 6 heteroatoms. The average Bonchev–Trinajstić information content (AvgIpc) is 3.35. The van der Waals surface area contributed by atoms with Crippen molar-refractivity contribution in [3.8, 4) is 28.6 Å². The SMILES string of the molecule is CCCc1cc(CC)c2oc(-c3ccc(/C=C/c4ccc(OC)c(OC)c4C(=O)O)c(OC)c3)cc2c1. The Labute approximate surface area is 217 Å². The van der Waals surface area contributed by atoms with E-state index in [1.807, 2.05) is 24.3 Å². The Bertz CT molecular complexity index is 1460. The summed E-state index contributed by atoms with van der Waals surface area (Å²) in [6.45, 7) is 4.33. The molecule has 37 heavy (non-hydrogen) atoms. The lowest BCUT2D eigenvalue weighted by molar-refractivity contribution is 0.0692. The summed E-state index contributed by atoms with van der Waals surface area (Å²) in [5, 5.41) is 10.9. The number of fused-ring (bicyclic) bond motifs is 1. The zero-order valence-electron chi connectivity index (χ0n) is 21.9. The van der Waals surface area contributed by atoms with Gasteiger partial charge in [0.05, 0.1) is 21.3 Å². The van der Waals surface area contributed by atoms with Gasteiger partial charge in [-0.15, -0.1) is 0 Å². The van der Waals surface area contributed by atoms with Crippen LogP contribution in [0.5, 0.6) is 17.2 Å². The monoisotopic (exact) mass is 500 g/mol. The van der Waals surface area contributed by atoms with Gasteiger partial charge < -0.3 is 23.7 Å². The number of carbonyl (C=O) groups is 1. The van der Waals surface area contributed by atoms with Gasteiger partial charge in [-0.1, -0.05) is 56.7 Å². The number of carboxylic acids is 1. The van der Waals surface area contributed by atoms with Crippen LogP contribution in [0.2, 0.25) is 0 Å². The third-order valence-corrected chi connectivity index (χ3v) is 6.42. The van der Waals surface area contributed by atoms with Crippen LogP contribution in [0.1, 0.15) is 52.9 Å². The van der Waals surface area contributed by atoms with Gasteiger partial charge in [0.25, 0.3) is 0 Å². The Morgan fingerprint density at radius 1 is 0.892 bits per heavy atom. The Morgan fingerprint density at radius 3 is 2.27 bits per heavy atom. The maximum Gasteiger partial charge on any atom is 0.340 e. The van der Waals surface area contributed by atoms with Gasteiger partial charge in [0.15, 0.2) is 11.5 Å². The topological polar surface area (TPSA) is 78.1 Å². The summed E-state index contributed by atoms with van der Waals surface area (Å²) in [6.07, 6.45) is 6.60. The van der Waals surface area contributed by atoms with E-state index in [1.165, 1.54) is 25.3 Å². The molecule has 0 bridgehead atoms. The van der Waals surface area contributed by atoms with Crippen LogP contribution in [-0.4, -0.2) is 32.4 Å². The minimum Gasteiger partial charge on any atom is -0.496 e. The van der Waals surface area contributed by atoms with E-state index in [9.17, 15) is 9.90 Å². The molecule has 192 valence electrons. The highest BCUT2D eigenvalue weighted by molar-refractivity contribution is 5.97. The third-order valence-electron chi connectivity index (χ3n) is 6.42. The molecule has 1 N–H and O–H groups in total. The molecular formula is C31H32O6. The second-order valence-electron chi connectivity index (χ2n) is 8.75. The lowest BCUT2D eigenvalue weighted by Crippen LogP contribution is -2.05. The summed E-state index contributed by atoms with van der Waals surface area (Å²) in [5.41, 5.74) is 5.69. The van der Waals surface area contributed by atoms with E-state index in [0.717, 1.165) is 47.1 Å². The van der Waals surface area contributed by atoms with Crippen molar-refractivity contribution in [1.29, 1.82) is 0 Å². The molecule has 0 aliphatic heterocycles. The molecule has 6 nitrogen and oxygen atoms in total. The number of hydrogen-bond donors (Lipinski definition) is 1. The van der Waals surface area contributed by atoms with Gasteiger partial charge in [-0.05, 0) is 53.8 Å². The predicted octanol–water partition coefficient (Wildman–Crippen LogP) is 7.51. The number of benzene rings is 3. The highest BCUT2D eigenvalue weighted by atomic mass is 16.5. The van der Waals surface area contributed by atoms with E-state index in [2.05, 4.69) is 32.0 Å². The van der Waals surface area contributed by atoms with Crippen LogP contribution in [0.15, 0.2) is 52.9 Å². The number of carboxylic acid groups (broad SMARTS) is 1. The van der Waals surface area contributed by atoms with Crippen molar-refractivity contribution in [1.82, 2.24) is 0 Å². The quantitative estimate of drug-likeness (QED) is 0.227. The molecule has 1 aromatic heterocycles. The van der Waals surface area contributed by atoms with Gasteiger partial charge >= 0.3 is 5.97 Å². The fourth-order valence-electron chi connectivity index (χ4n) is 4.62. The zero-order chi connectivity index (χ0) is 26.5. The Kier molecular flexibility index (Phi) is 7.87. The molecule has 4 rings (SSSR count). The molecule has 0 amide bonds. The minimum atomic E-state index is -1.10. The van der Waals surface area contributed by atoms with E-state index in [1.54, 1.807) is 25.3 Å². The number of aryl methyl sites for hydroxylation is 2. The maximum absolute atomic E-state index is 12.0. The first kappa shape index (κ1) is 25.9. The summed E-state index contributed by atoms with van der Waals surface area (Å²) in [4.78, 5) is 12.0. The molecule has 0 unspecified atom stereocenters. The van der Waals surface area contributed by atoms with E-state index in [0.29, 0.717) is 17.1 Å². The largest absolute Gasteiger partial charge is 0.496 e. The molecule has 3 aromatic carbocycles. The van der Waals surface area contributed by atoms with E-state index >= 15 is 0 Å². The lowest BCUT2D eigenvalue weighted by atomic mass is 10.0. The summed E-state index contributed by atoms with van der Waals surface area (Å²) < 4.78 is 22.5. The standard InChI is InChI=1S/C31H32O6/c1-6-8-19-15-20(7-2)29-24(16-19)18-27(37-29)23-12-10-21(26(17-23)35-4)9-11-22-13-14-25(34-3)30(36-5)28(22)31(32)33/h9-18H,6-8H2,1-5H3,(H,32,33)/b11-9+. The van der Waals surface area contributed by atoms with Gasteiger partial charge in [-0.25, -0.2) is 4.79 Å². The molecule has 0 aliphatic carbocycles. The molecule has 4 aromatic rings. The van der Waals surface area contributed by atoms with Crippen molar-refractivity contribution < 1.29 is 28.5 Å². The molecule has 0 atom stereocenters. The van der Waals surface area contributed by atoms with Crippen molar-refractivity contribution in [2.45, 2.75) is 33.1 Å². The Balaban J connectivity index is 1.72. The van der Waals surface area contributed by atoms with Gasteiger partial charge in [-0.2, -0.15) is 0 Å². The van der Waals surface area contributed by atoms with Crippen LogP contribution < -0.4 is 14.2 Å². The fourth-order valence-corrected chi connectivity index (χ4v) is 4.62. The van der Waals surface area contributed by atoms with E-state index in [4.69, 9.17) is 18.6 Å². The van der Waals surface area contributed by atoms with Gasteiger partial charge in [-0.3, -0.25) is 0 Å². The van der Waals surface area contributed by atoms with Crippen molar-refractivity contribution in [2.75, 3.05) is 21.3 Å². The first-order valence-electron chi connectivity index (χ1n) is 12.3. The second kappa shape index (κ2) is 11.2. The van der Waals surface area contributed by atoms with Crippen molar-refractivity contribution in [2.24, 2.45) is 0 Å². The Morgan fingerprint density at radius 2 is 1.62 bits per heavy atom. The van der Waals surface area contributed by atoms with Crippen LogP contribution in [-0.2, 0) is 12.8 Å². The minimum absolute atomic E-state index is 0.0325. The summed E-state index contributed by atoms with van der Waals surface area (Å²) in [7, 11) is 4.51. The van der Waals surface area contributed by atoms with Crippen LogP contribution in [0.25, 0.3) is 34.4 Å². The van der Waals surface area contributed by atoms with Crippen LogP contribution >= 0.6 is 0 Å². The number of aromatic carboxylic acids is 1. The van der Waals surface area contributed by atoms with Gasteiger partial charge in [0.1, 0.15) is 22.7 Å². The first-order valence-corrected chi connectivity index (χ1v) is 12.3. The number of rotatable bonds is 10. The van der Waals surface area contributed by atoms with Crippen LogP contribution in [0.3, 0.4) is 0 Å². The zero-order valence-corrected chi connectivity index (χ0v) is 21.9. The van der Waals surface area contributed by atoms with Crippen LogP contribution in [0, 0.1) is 0 Å². The third kappa shape index (κ3) is 5.19. The number of hydrogen-bond acceptors (Lipinski definition) is 5. The lowest BCUT2D eigenvalue weighted by Gasteiger charge is -2.12. The first-order chi connectivity index (χ1) is 17.9. The number of methoxy groups -OCH3 is 3. The summed E-state index contributed by atoms with van der Waals surface area (Å²) in [6, 6.07) is 15.8. The van der Waals surface area contributed by atoms with E-state index < -0.39 is 5.97 Å². The summed E-state index contributed by atoms with van der Waals surface area (Å²) in [5.74, 6) is 0.862. The molecule has 0 aliphatic rings. The van der Waals surface area contributed by atoms with Crippen LogP contribution in [0.4, 0.5) is 0 Å². The highest BCUT2D eigenvalue weighted by Crippen LogP contribution is 2.36. The molecular weight excluding hydrogens is 468 g/mol. The molecule has 0 spiro atoms. The second-order valence-corrected chi connectivity index (χ2v) is 8.75. The number of furan rings is 1. The Hall–Kier alpha value is -4.19. The fraction of sp³-hybridized carbons (Fsp3) is 0.258.